The Morgan fingerprint density at radius 1 is 0.708 bits per heavy atom. The van der Waals surface area contributed by atoms with Gasteiger partial charge in [-0.05, 0) is 30.5 Å². The van der Waals surface area contributed by atoms with E-state index in [1.54, 1.807) is 0 Å². The molecule has 2 aromatic carbocycles. The van der Waals surface area contributed by atoms with Crippen LogP contribution in [0.15, 0.2) is 60.7 Å². The Bertz CT molecular complexity index is 456. The van der Waals surface area contributed by atoms with Crippen molar-refractivity contribution in [2.75, 3.05) is 6.54 Å². The Morgan fingerprint density at radius 3 is 1.62 bits per heavy atom. The number of aryl methyl sites for hydroxylation is 1. The van der Waals surface area contributed by atoms with Crippen LogP contribution in [0.5, 0.6) is 0 Å². The topological polar surface area (TPSA) is 12.0 Å². The summed E-state index contributed by atoms with van der Waals surface area (Å²) in [6.45, 7) is 10.8. The smallest absolute Gasteiger partial charge is 0.0205 e. The maximum atomic E-state index is 3.44. The summed E-state index contributed by atoms with van der Waals surface area (Å²) >= 11 is 0. The van der Waals surface area contributed by atoms with Crippen LogP contribution in [0.1, 0.15) is 65.9 Å². The summed E-state index contributed by atoms with van der Waals surface area (Å²) in [4.78, 5) is 0. The SMILES string of the molecule is CCC.CCCCCNCc1ccccc1.CCc1ccccc1.[HH]. The van der Waals surface area contributed by atoms with E-state index < -0.39 is 0 Å². The van der Waals surface area contributed by atoms with E-state index in [1.165, 1.54) is 36.8 Å². The molecule has 0 aliphatic rings. The summed E-state index contributed by atoms with van der Waals surface area (Å²) in [5, 5.41) is 3.44. The first kappa shape index (κ1) is 22.4. The second-order valence-electron chi connectivity index (χ2n) is 5.92. The van der Waals surface area contributed by atoms with Crippen LogP contribution in [0.3, 0.4) is 0 Å². The van der Waals surface area contributed by atoms with Crippen molar-refractivity contribution in [3.8, 4) is 0 Å². The van der Waals surface area contributed by atoms with Gasteiger partial charge in [0, 0.05) is 7.97 Å². The molecule has 0 heterocycles. The Labute approximate surface area is 152 Å². The van der Waals surface area contributed by atoms with Gasteiger partial charge in [-0.15, -0.1) is 0 Å². The molecule has 0 unspecified atom stereocenters. The van der Waals surface area contributed by atoms with Gasteiger partial charge in [-0.3, -0.25) is 0 Å². The van der Waals surface area contributed by atoms with Crippen LogP contribution in [0.2, 0.25) is 0 Å². The average Bonchev–Trinajstić information content (AvgIpc) is 2.64. The minimum Gasteiger partial charge on any atom is -0.313 e. The number of rotatable bonds is 7. The molecule has 0 amide bonds. The Hall–Kier alpha value is -1.60. The fourth-order valence-electron chi connectivity index (χ4n) is 2.04. The van der Waals surface area contributed by atoms with E-state index in [-0.39, 0.29) is 1.43 Å². The number of hydrogen-bond acceptors (Lipinski definition) is 1. The van der Waals surface area contributed by atoms with Crippen LogP contribution in [0.4, 0.5) is 0 Å². The molecule has 1 N–H and O–H groups in total. The Kier molecular flexibility index (Phi) is 16.6. The summed E-state index contributed by atoms with van der Waals surface area (Å²) in [6.07, 6.45) is 6.32. The third kappa shape index (κ3) is 14.0. The standard InChI is InChI=1S/C12H19N.C8H10.C3H8.H2/c1-2-3-7-10-13-11-12-8-5-4-6-9-12;1-2-8-6-4-3-5-7-8;1-3-2;/h4-6,8-9,13H,2-3,7,10-11H2,1H3;3-7H,2H2,1H3;3H2,1-2H3;1H. The van der Waals surface area contributed by atoms with Crippen molar-refractivity contribution in [3.63, 3.8) is 0 Å². The molecule has 0 atom stereocenters. The van der Waals surface area contributed by atoms with Crippen LogP contribution in [-0.2, 0) is 13.0 Å². The largest absolute Gasteiger partial charge is 0.313 e. The van der Waals surface area contributed by atoms with Gasteiger partial charge in [0.2, 0.25) is 0 Å². The van der Waals surface area contributed by atoms with Gasteiger partial charge in [0.1, 0.15) is 0 Å². The van der Waals surface area contributed by atoms with Gasteiger partial charge in [-0.2, -0.15) is 0 Å². The van der Waals surface area contributed by atoms with Gasteiger partial charge in [-0.25, -0.2) is 0 Å². The number of benzene rings is 2. The van der Waals surface area contributed by atoms with Crippen molar-refractivity contribution < 1.29 is 1.43 Å². The molecule has 0 aliphatic heterocycles. The average molecular weight is 330 g/mol. The third-order valence-corrected chi connectivity index (χ3v) is 3.38. The minimum atomic E-state index is 0. The predicted molar refractivity (Wildman–Crippen MR) is 112 cm³/mol. The third-order valence-electron chi connectivity index (χ3n) is 3.38. The zero-order chi connectivity index (χ0) is 17.9. The molecule has 24 heavy (non-hydrogen) atoms. The molecule has 1 heteroatoms. The number of unbranched alkanes of at least 4 members (excludes halogenated alkanes) is 2. The Morgan fingerprint density at radius 2 is 1.21 bits per heavy atom. The fraction of sp³-hybridized carbons (Fsp3) is 0.478. The van der Waals surface area contributed by atoms with E-state index in [9.17, 15) is 0 Å². The van der Waals surface area contributed by atoms with Crippen molar-refractivity contribution in [2.24, 2.45) is 0 Å². The number of nitrogens with one attached hydrogen (secondary N) is 1. The van der Waals surface area contributed by atoms with Crippen LogP contribution >= 0.6 is 0 Å². The van der Waals surface area contributed by atoms with Gasteiger partial charge in [-0.1, -0.05) is 108 Å². The van der Waals surface area contributed by atoms with Crippen molar-refractivity contribution in [3.05, 3.63) is 71.8 Å². The van der Waals surface area contributed by atoms with Crippen LogP contribution in [0.25, 0.3) is 0 Å². The molecule has 0 saturated carbocycles. The van der Waals surface area contributed by atoms with Gasteiger partial charge in [0.05, 0.1) is 0 Å². The zero-order valence-corrected chi connectivity index (χ0v) is 16.2. The maximum absolute atomic E-state index is 3.44. The molecule has 1 nitrogen and oxygen atoms in total. The quantitative estimate of drug-likeness (QED) is 0.546. The van der Waals surface area contributed by atoms with Gasteiger partial charge >= 0.3 is 0 Å². The Balaban J connectivity index is 0. The minimum absolute atomic E-state index is 0. The highest BCUT2D eigenvalue weighted by Gasteiger charge is 1.89. The second-order valence-corrected chi connectivity index (χ2v) is 5.92. The molecule has 2 aromatic rings. The van der Waals surface area contributed by atoms with E-state index in [4.69, 9.17) is 0 Å². The van der Waals surface area contributed by atoms with E-state index in [2.05, 4.69) is 87.6 Å². The summed E-state index contributed by atoms with van der Waals surface area (Å²) in [7, 11) is 0. The van der Waals surface area contributed by atoms with Crippen molar-refractivity contribution >= 4 is 0 Å². The molecule has 0 aromatic heterocycles. The zero-order valence-electron chi connectivity index (χ0n) is 16.2. The summed E-state index contributed by atoms with van der Waals surface area (Å²) < 4.78 is 0. The fourth-order valence-corrected chi connectivity index (χ4v) is 2.04. The monoisotopic (exact) mass is 329 g/mol. The van der Waals surface area contributed by atoms with Crippen LogP contribution < -0.4 is 5.32 Å². The highest BCUT2D eigenvalue weighted by atomic mass is 14.8. The van der Waals surface area contributed by atoms with Gasteiger partial charge < -0.3 is 5.32 Å². The second kappa shape index (κ2) is 17.7. The van der Waals surface area contributed by atoms with Crippen molar-refractivity contribution in [1.82, 2.24) is 5.32 Å². The first-order valence-electron chi connectivity index (χ1n) is 9.56. The molecule has 0 fully saturated rings. The molecular formula is C23H39N. The lowest BCUT2D eigenvalue weighted by atomic mass is 10.2. The molecule has 0 saturated heterocycles. The lowest BCUT2D eigenvalue weighted by Crippen LogP contribution is -2.14. The molecule has 0 aliphatic carbocycles. The van der Waals surface area contributed by atoms with Crippen LogP contribution in [0, 0.1) is 0 Å². The summed E-state index contributed by atoms with van der Waals surface area (Å²) in [6, 6.07) is 21.0. The van der Waals surface area contributed by atoms with E-state index in [1.807, 2.05) is 6.07 Å². The normalized spacial score (nSPS) is 9.33. The van der Waals surface area contributed by atoms with Crippen LogP contribution in [-0.4, -0.2) is 6.54 Å². The van der Waals surface area contributed by atoms with E-state index in [0.717, 1.165) is 19.5 Å². The van der Waals surface area contributed by atoms with E-state index in [0.29, 0.717) is 0 Å². The van der Waals surface area contributed by atoms with Gasteiger partial charge in [0.15, 0.2) is 0 Å². The lowest BCUT2D eigenvalue weighted by Gasteiger charge is -2.03. The lowest BCUT2D eigenvalue weighted by molar-refractivity contribution is 0.617. The van der Waals surface area contributed by atoms with Gasteiger partial charge in [0.25, 0.3) is 0 Å². The van der Waals surface area contributed by atoms with Crippen molar-refractivity contribution in [2.45, 2.75) is 66.3 Å². The summed E-state index contributed by atoms with van der Waals surface area (Å²) in [5.41, 5.74) is 2.78. The molecule has 0 bridgehead atoms. The first-order valence-corrected chi connectivity index (χ1v) is 9.56. The predicted octanol–water partition coefficient (Wildman–Crippen LogP) is 6.88. The molecule has 0 spiro atoms. The van der Waals surface area contributed by atoms with E-state index >= 15 is 0 Å². The first-order chi connectivity index (χ1) is 11.8. The molecule has 136 valence electrons. The molecule has 2 rings (SSSR count). The summed E-state index contributed by atoms with van der Waals surface area (Å²) in [5.74, 6) is 0. The molecular weight excluding hydrogens is 290 g/mol. The highest BCUT2D eigenvalue weighted by Crippen LogP contribution is 1.98. The van der Waals surface area contributed by atoms with Crippen molar-refractivity contribution in [1.29, 1.82) is 0 Å². The molecule has 0 radical (unpaired) electrons. The number of hydrogen-bond donors (Lipinski definition) is 1. The highest BCUT2D eigenvalue weighted by molar-refractivity contribution is 5.14. The maximum Gasteiger partial charge on any atom is 0.0205 e.